The summed E-state index contributed by atoms with van der Waals surface area (Å²) in [6, 6.07) is 12.0. The minimum absolute atomic E-state index is 0.0633. The van der Waals surface area contributed by atoms with Crippen LogP contribution in [0.2, 0.25) is 10.0 Å². The number of hydrogen-bond donors (Lipinski definition) is 2. The Kier molecular flexibility index (Phi) is 5.64. The van der Waals surface area contributed by atoms with Gasteiger partial charge in [-0.2, -0.15) is 5.10 Å². The lowest BCUT2D eigenvalue weighted by atomic mass is 9.96. The van der Waals surface area contributed by atoms with Crippen LogP contribution in [0.5, 0.6) is 5.88 Å². The van der Waals surface area contributed by atoms with Gasteiger partial charge in [-0.3, -0.25) is 19.1 Å². The molecule has 0 saturated heterocycles. The highest BCUT2D eigenvalue weighted by atomic mass is 35.5. The van der Waals surface area contributed by atoms with Crippen LogP contribution in [0.25, 0.3) is 0 Å². The largest absolute Gasteiger partial charge is 0.494 e. The summed E-state index contributed by atoms with van der Waals surface area (Å²) < 4.78 is 1.75. The molecule has 9 nitrogen and oxygen atoms in total. The van der Waals surface area contributed by atoms with Crippen LogP contribution in [0.1, 0.15) is 22.7 Å². The first-order chi connectivity index (χ1) is 15.2. The molecule has 0 spiro atoms. The summed E-state index contributed by atoms with van der Waals surface area (Å²) in [6.45, 7) is 0. The zero-order chi connectivity index (χ0) is 23.2. The summed E-state index contributed by atoms with van der Waals surface area (Å²) in [7, 11) is 2.60. The number of hydrogen-bond acceptors (Lipinski definition) is 7. The maximum Gasteiger partial charge on any atom is 0.333 e. The molecule has 2 N–H and O–H groups in total. The van der Waals surface area contributed by atoms with Gasteiger partial charge in [-0.05, 0) is 18.2 Å². The van der Waals surface area contributed by atoms with Crippen molar-refractivity contribution in [2.45, 2.75) is 6.04 Å². The van der Waals surface area contributed by atoms with E-state index >= 15 is 0 Å². The molecule has 0 unspecified atom stereocenters. The summed E-state index contributed by atoms with van der Waals surface area (Å²) in [5.74, 6) is -0.666. The lowest BCUT2D eigenvalue weighted by Gasteiger charge is -2.32. The number of hydroxylamine groups is 2. The molecule has 0 aliphatic carbocycles. The Morgan fingerprint density at radius 2 is 1.66 bits per heavy atom. The molecule has 2 heterocycles. The minimum Gasteiger partial charge on any atom is -0.494 e. The molecule has 0 radical (unpaired) electrons. The van der Waals surface area contributed by atoms with Crippen LogP contribution in [0, 0.1) is 0 Å². The highest BCUT2D eigenvalue weighted by Gasteiger charge is 2.38. The Bertz CT molecular complexity index is 1400. The first kappa shape index (κ1) is 21.8. The van der Waals surface area contributed by atoms with E-state index in [1.807, 2.05) is 0 Å². The van der Waals surface area contributed by atoms with Crippen molar-refractivity contribution in [3.05, 3.63) is 96.1 Å². The summed E-state index contributed by atoms with van der Waals surface area (Å²) >= 11 is 12.3. The van der Waals surface area contributed by atoms with Crippen LogP contribution in [-0.4, -0.2) is 36.1 Å². The van der Waals surface area contributed by atoms with Crippen LogP contribution in [-0.2, 0) is 14.1 Å². The van der Waals surface area contributed by atoms with E-state index in [-0.39, 0.29) is 22.1 Å². The van der Waals surface area contributed by atoms with Gasteiger partial charge in [-0.15, -0.1) is 5.10 Å². The van der Waals surface area contributed by atoms with E-state index in [0.717, 1.165) is 9.13 Å². The first-order valence-electron chi connectivity index (χ1n) is 9.35. The Morgan fingerprint density at radius 3 is 2.31 bits per heavy atom. The highest BCUT2D eigenvalue weighted by Crippen LogP contribution is 2.33. The molecule has 2 aromatic carbocycles. The number of aromatic hydroxyl groups is 1. The fourth-order valence-electron chi connectivity index (χ4n) is 3.47. The second kappa shape index (κ2) is 8.27. The van der Waals surface area contributed by atoms with Gasteiger partial charge in [0.05, 0.1) is 5.02 Å². The number of aromatic nitrogens is 2. The molecular weight excluding hydrogens is 457 g/mol. The van der Waals surface area contributed by atoms with Crippen molar-refractivity contribution >= 4 is 34.7 Å². The van der Waals surface area contributed by atoms with Crippen molar-refractivity contribution in [1.82, 2.24) is 14.2 Å². The molecule has 11 heteroatoms. The fourth-order valence-corrected chi connectivity index (χ4v) is 3.96. The van der Waals surface area contributed by atoms with Gasteiger partial charge in [0.2, 0.25) is 5.88 Å². The molecule has 1 aliphatic rings. The van der Waals surface area contributed by atoms with Crippen molar-refractivity contribution in [3.8, 4) is 5.88 Å². The average molecular weight is 474 g/mol. The maximum absolute atomic E-state index is 13.1. The van der Waals surface area contributed by atoms with E-state index in [0.29, 0.717) is 21.2 Å². The monoisotopic (exact) mass is 473 g/mol. The predicted octanol–water partition coefficient (Wildman–Crippen LogP) is 2.69. The summed E-state index contributed by atoms with van der Waals surface area (Å²) in [6.07, 6.45) is 0. The zero-order valence-corrected chi connectivity index (χ0v) is 18.4. The quantitative estimate of drug-likeness (QED) is 0.607. The van der Waals surface area contributed by atoms with Crippen molar-refractivity contribution in [3.63, 3.8) is 0 Å². The predicted molar refractivity (Wildman–Crippen MR) is 121 cm³/mol. The van der Waals surface area contributed by atoms with Crippen LogP contribution in [0.4, 0.5) is 0 Å². The van der Waals surface area contributed by atoms with Crippen molar-refractivity contribution in [1.29, 1.82) is 0 Å². The fraction of sp³-hybridized carbons (Fsp3) is 0.143. The maximum atomic E-state index is 13.1. The minimum atomic E-state index is -1.29. The summed E-state index contributed by atoms with van der Waals surface area (Å²) in [5, 5.41) is 31.6. The smallest absolute Gasteiger partial charge is 0.333 e. The lowest BCUT2D eigenvalue weighted by molar-refractivity contribution is -0.0360. The molecular formula is C21H17Cl2N5O4. The van der Waals surface area contributed by atoms with Crippen molar-refractivity contribution < 1.29 is 10.3 Å². The summed E-state index contributed by atoms with van der Waals surface area (Å²) in [4.78, 5) is 25.3. The number of nitrogens with zero attached hydrogens (tertiary/aromatic N) is 5. The van der Waals surface area contributed by atoms with E-state index in [9.17, 15) is 19.9 Å². The molecule has 4 rings (SSSR count). The Balaban J connectivity index is 2.00. The van der Waals surface area contributed by atoms with Crippen molar-refractivity contribution in [2.24, 2.45) is 24.3 Å². The molecule has 0 fully saturated rings. The Hall–Kier alpha value is -3.40. The van der Waals surface area contributed by atoms with E-state index in [4.69, 9.17) is 23.2 Å². The number of rotatable bonds is 3. The first-order valence-corrected chi connectivity index (χ1v) is 10.1. The van der Waals surface area contributed by atoms with E-state index in [2.05, 4.69) is 10.2 Å². The molecule has 1 aromatic heterocycles. The normalized spacial score (nSPS) is 16.0. The van der Waals surface area contributed by atoms with Crippen LogP contribution in [0.15, 0.2) is 68.3 Å². The average Bonchev–Trinajstić information content (AvgIpc) is 2.78. The van der Waals surface area contributed by atoms with Gasteiger partial charge in [0.15, 0.2) is 5.84 Å². The van der Waals surface area contributed by atoms with Crippen LogP contribution < -0.4 is 11.2 Å². The highest BCUT2D eigenvalue weighted by molar-refractivity contribution is 6.37. The van der Waals surface area contributed by atoms with E-state index in [1.54, 1.807) is 42.5 Å². The second-order valence-electron chi connectivity index (χ2n) is 7.09. The SMILES string of the molecule is Cn1c(O)c([C@H]2C(c3ccccc3)=NN=C(c3ccc(Cl)cc3Cl)N2O)c(=O)n(C)c1=O. The van der Waals surface area contributed by atoms with Crippen LogP contribution in [0.3, 0.4) is 0 Å². The third-order valence-electron chi connectivity index (χ3n) is 5.16. The third kappa shape index (κ3) is 3.50. The van der Waals surface area contributed by atoms with Gasteiger partial charge >= 0.3 is 5.69 Å². The van der Waals surface area contributed by atoms with E-state index in [1.165, 1.54) is 20.2 Å². The molecule has 1 atom stereocenters. The molecule has 32 heavy (non-hydrogen) atoms. The molecule has 164 valence electrons. The Labute approximate surface area is 191 Å². The van der Waals surface area contributed by atoms with Gasteiger partial charge < -0.3 is 5.11 Å². The van der Waals surface area contributed by atoms with Gasteiger partial charge in [0, 0.05) is 30.2 Å². The van der Waals surface area contributed by atoms with Gasteiger partial charge in [-0.1, -0.05) is 53.5 Å². The van der Waals surface area contributed by atoms with Crippen molar-refractivity contribution in [2.75, 3.05) is 0 Å². The van der Waals surface area contributed by atoms with E-state index < -0.39 is 23.2 Å². The Morgan fingerprint density at radius 1 is 0.969 bits per heavy atom. The number of halogens is 2. The molecule has 0 bridgehead atoms. The van der Waals surface area contributed by atoms with Gasteiger partial charge in [0.25, 0.3) is 5.56 Å². The lowest BCUT2D eigenvalue weighted by Crippen LogP contribution is -2.46. The van der Waals surface area contributed by atoms with Crippen LogP contribution >= 0.6 is 23.2 Å². The summed E-state index contributed by atoms with van der Waals surface area (Å²) in [5.41, 5.74) is -0.714. The number of amidine groups is 1. The molecule has 0 saturated carbocycles. The zero-order valence-electron chi connectivity index (χ0n) is 16.9. The molecule has 1 aliphatic heterocycles. The topological polar surface area (TPSA) is 112 Å². The number of benzene rings is 2. The second-order valence-corrected chi connectivity index (χ2v) is 7.93. The molecule has 3 aromatic rings. The van der Waals surface area contributed by atoms with Gasteiger partial charge in [0.1, 0.15) is 17.3 Å². The molecule has 0 amide bonds. The standard InChI is InChI=1S/C21H17Cl2N5O4/c1-26-19(29)15(20(30)27(2)21(26)31)17-16(11-6-4-3-5-7-11)24-25-18(28(17)32)13-9-8-12(22)10-14(13)23/h3-10,17,29,32H,1-2H3/t17-/m0/s1. The third-order valence-corrected chi connectivity index (χ3v) is 5.70. The van der Waals surface area contributed by atoms with Gasteiger partial charge in [-0.25, -0.2) is 9.86 Å².